The van der Waals surface area contributed by atoms with Crippen LogP contribution in [0.25, 0.3) is 21.1 Å². The number of hydrogen-bond donors (Lipinski definition) is 2. The molecule has 114 valence electrons. The van der Waals surface area contributed by atoms with Crippen molar-refractivity contribution in [2.24, 2.45) is 0 Å². The van der Waals surface area contributed by atoms with Gasteiger partial charge in [-0.25, -0.2) is 4.98 Å². The van der Waals surface area contributed by atoms with Crippen molar-refractivity contribution >= 4 is 38.4 Å². The second-order valence-corrected chi connectivity index (χ2v) is 6.29. The number of fused-ring (bicyclic) bond motifs is 2. The summed E-state index contributed by atoms with van der Waals surface area (Å²) in [5, 5.41) is 4.21. The van der Waals surface area contributed by atoms with Gasteiger partial charge in [-0.2, -0.15) is 0 Å². The van der Waals surface area contributed by atoms with Gasteiger partial charge in [0.25, 0.3) is 5.91 Å². The molecular weight excluding hydrogens is 306 g/mol. The Morgan fingerprint density at radius 2 is 2.13 bits per heavy atom. The molecule has 0 aliphatic carbocycles. The number of amides is 1. The van der Waals surface area contributed by atoms with Gasteiger partial charge in [-0.05, 0) is 36.2 Å². The maximum Gasteiger partial charge on any atom is 0.251 e. The van der Waals surface area contributed by atoms with Gasteiger partial charge in [0.2, 0.25) is 0 Å². The van der Waals surface area contributed by atoms with E-state index < -0.39 is 0 Å². The van der Waals surface area contributed by atoms with Crippen LogP contribution in [0.5, 0.6) is 0 Å². The lowest BCUT2D eigenvalue weighted by atomic mass is 10.1. The number of aromatic amines is 1. The molecule has 0 spiro atoms. The Hall–Kier alpha value is -2.66. The van der Waals surface area contributed by atoms with E-state index in [9.17, 15) is 4.79 Å². The van der Waals surface area contributed by atoms with E-state index in [1.807, 2.05) is 36.5 Å². The Balaban J connectivity index is 1.43. The second kappa shape index (κ2) is 5.85. The predicted octanol–water partition coefficient (Wildman–Crippen LogP) is 3.75. The van der Waals surface area contributed by atoms with Gasteiger partial charge in [-0.15, -0.1) is 11.3 Å². The molecule has 5 heteroatoms. The van der Waals surface area contributed by atoms with Crippen LogP contribution in [0.4, 0.5) is 0 Å². The first kappa shape index (κ1) is 14.0. The van der Waals surface area contributed by atoms with Crippen molar-refractivity contribution < 1.29 is 4.79 Å². The van der Waals surface area contributed by atoms with Crippen LogP contribution in [-0.2, 0) is 6.42 Å². The number of nitrogens with zero attached hydrogens (tertiary/aromatic N) is 1. The number of H-pyrrole nitrogens is 1. The first-order chi connectivity index (χ1) is 11.3. The zero-order chi connectivity index (χ0) is 15.6. The molecule has 2 N–H and O–H groups in total. The van der Waals surface area contributed by atoms with Crippen LogP contribution < -0.4 is 5.32 Å². The molecule has 2 heterocycles. The Morgan fingerprint density at radius 3 is 3.09 bits per heavy atom. The zero-order valence-corrected chi connectivity index (χ0v) is 13.2. The summed E-state index contributed by atoms with van der Waals surface area (Å²) >= 11 is 1.55. The third-order valence-corrected chi connectivity index (χ3v) is 4.74. The molecule has 0 aliphatic heterocycles. The van der Waals surface area contributed by atoms with Crippen LogP contribution in [-0.4, -0.2) is 22.4 Å². The van der Waals surface area contributed by atoms with Crippen LogP contribution >= 0.6 is 11.3 Å². The van der Waals surface area contributed by atoms with Gasteiger partial charge < -0.3 is 10.3 Å². The molecule has 4 nitrogen and oxygen atoms in total. The summed E-state index contributed by atoms with van der Waals surface area (Å²) < 4.78 is 1.04. The van der Waals surface area contributed by atoms with E-state index >= 15 is 0 Å². The molecule has 0 bridgehead atoms. The van der Waals surface area contributed by atoms with Gasteiger partial charge >= 0.3 is 0 Å². The summed E-state index contributed by atoms with van der Waals surface area (Å²) in [5.74, 6) is -0.0415. The van der Waals surface area contributed by atoms with Crippen molar-refractivity contribution in [2.45, 2.75) is 6.42 Å². The van der Waals surface area contributed by atoms with Gasteiger partial charge in [0.05, 0.1) is 15.7 Å². The molecule has 0 fully saturated rings. The maximum absolute atomic E-state index is 12.3. The summed E-state index contributed by atoms with van der Waals surface area (Å²) in [7, 11) is 0. The standard InChI is InChI=1S/C18H15N3OS/c22-18(12-5-6-16-17(9-12)23-11-21-16)19-8-7-13-10-20-15-4-2-1-3-14(13)15/h1-6,9-11,20H,7-8H2,(H,19,22). The number of thiazole rings is 1. The number of hydrogen-bond acceptors (Lipinski definition) is 3. The largest absolute Gasteiger partial charge is 0.361 e. The van der Waals surface area contributed by atoms with Crippen molar-refractivity contribution in [3.63, 3.8) is 0 Å². The zero-order valence-electron chi connectivity index (χ0n) is 12.4. The summed E-state index contributed by atoms with van der Waals surface area (Å²) in [5.41, 5.74) is 5.76. The Morgan fingerprint density at radius 1 is 1.22 bits per heavy atom. The molecule has 0 saturated heterocycles. The number of para-hydroxylation sites is 1. The first-order valence-corrected chi connectivity index (χ1v) is 8.36. The molecule has 4 rings (SSSR count). The summed E-state index contributed by atoms with van der Waals surface area (Å²) in [4.78, 5) is 19.8. The highest BCUT2D eigenvalue weighted by Gasteiger charge is 2.08. The molecule has 0 saturated carbocycles. The molecule has 0 unspecified atom stereocenters. The van der Waals surface area contributed by atoms with Crippen molar-refractivity contribution in [1.82, 2.24) is 15.3 Å². The molecule has 0 radical (unpaired) electrons. The number of rotatable bonds is 4. The highest BCUT2D eigenvalue weighted by molar-refractivity contribution is 7.16. The van der Waals surface area contributed by atoms with Crippen molar-refractivity contribution in [2.75, 3.05) is 6.54 Å². The number of carbonyl (C=O) groups is 1. The van der Waals surface area contributed by atoms with E-state index in [-0.39, 0.29) is 5.91 Å². The van der Waals surface area contributed by atoms with Crippen LogP contribution in [0, 0.1) is 0 Å². The van der Waals surface area contributed by atoms with Crippen LogP contribution in [0.1, 0.15) is 15.9 Å². The number of aromatic nitrogens is 2. The van der Waals surface area contributed by atoms with E-state index in [0.717, 1.165) is 22.2 Å². The lowest BCUT2D eigenvalue weighted by molar-refractivity contribution is 0.0954. The minimum atomic E-state index is -0.0415. The van der Waals surface area contributed by atoms with Crippen LogP contribution in [0.15, 0.2) is 54.2 Å². The molecule has 2 aromatic heterocycles. The lowest BCUT2D eigenvalue weighted by Crippen LogP contribution is -2.25. The SMILES string of the molecule is O=C(NCCc1c[nH]c2ccccc12)c1ccc2ncsc2c1. The number of benzene rings is 2. The normalized spacial score (nSPS) is 11.1. The maximum atomic E-state index is 12.3. The van der Waals surface area contributed by atoms with E-state index in [2.05, 4.69) is 27.4 Å². The number of carbonyl (C=O) groups excluding carboxylic acids is 1. The third-order valence-electron chi connectivity index (χ3n) is 3.95. The number of nitrogens with one attached hydrogen (secondary N) is 2. The molecule has 1 amide bonds. The fourth-order valence-corrected chi connectivity index (χ4v) is 3.46. The Labute approximate surface area is 137 Å². The van der Waals surface area contributed by atoms with Gasteiger partial charge in [0.1, 0.15) is 0 Å². The smallest absolute Gasteiger partial charge is 0.251 e. The summed E-state index contributed by atoms with van der Waals surface area (Å²) in [6.45, 7) is 0.613. The molecule has 0 atom stereocenters. The molecule has 4 aromatic rings. The van der Waals surface area contributed by atoms with E-state index in [1.165, 1.54) is 10.9 Å². The summed E-state index contributed by atoms with van der Waals surface area (Å²) in [6, 6.07) is 13.8. The summed E-state index contributed by atoms with van der Waals surface area (Å²) in [6.07, 6.45) is 2.82. The van der Waals surface area contributed by atoms with Crippen molar-refractivity contribution in [1.29, 1.82) is 0 Å². The van der Waals surface area contributed by atoms with Crippen LogP contribution in [0.3, 0.4) is 0 Å². The van der Waals surface area contributed by atoms with E-state index in [1.54, 1.807) is 16.8 Å². The van der Waals surface area contributed by atoms with Gasteiger partial charge in [-0.3, -0.25) is 4.79 Å². The quantitative estimate of drug-likeness (QED) is 0.601. The minimum Gasteiger partial charge on any atom is -0.361 e. The van der Waals surface area contributed by atoms with Crippen LogP contribution in [0.2, 0.25) is 0 Å². The molecular formula is C18H15N3OS. The lowest BCUT2D eigenvalue weighted by Gasteiger charge is -2.05. The van der Waals surface area contributed by atoms with Gasteiger partial charge in [0.15, 0.2) is 0 Å². The fourth-order valence-electron chi connectivity index (χ4n) is 2.75. The highest BCUT2D eigenvalue weighted by atomic mass is 32.1. The molecule has 23 heavy (non-hydrogen) atoms. The Bertz CT molecular complexity index is 986. The second-order valence-electron chi connectivity index (χ2n) is 5.40. The first-order valence-electron chi connectivity index (χ1n) is 7.48. The van der Waals surface area contributed by atoms with E-state index in [0.29, 0.717) is 12.1 Å². The monoisotopic (exact) mass is 321 g/mol. The highest BCUT2D eigenvalue weighted by Crippen LogP contribution is 2.19. The van der Waals surface area contributed by atoms with Crippen molar-refractivity contribution in [3.05, 3.63) is 65.3 Å². The topological polar surface area (TPSA) is 57.8 Å². The molecule has 0 aliphatic rings. The average molecular weight is 321 g/mol. The third kappa shape index (κ3) is 2.71. The Kier molecular flexibility index (Phi) is 3.55. The fraction of sp³-hybridized carbons (Fsp3) is 0.111. The molecule has 2 aromatic carbocycles. The van der Waals surface area contributed by atoms with Gasteiger partial charge in [-0.1, -0.05) is 18.2 Å². The minimum absolute atomic E-state index is 0.0415. The average Bonchev–Trinajstić information content (AvgIpc) is 3.21. The predicted molar refractivity (Wildman–Crippen MR) is 94.0 cm³/mol. The van der Waals surface area contributed by atoms with Crippen molar-refractivity contribution in [3.8, 4) is 0 Å². The van der Waals surface area contributed by atoms with Gasteiger partial charge in [0, 0.05) is 29.2 Å². The van der Waals surface area contributed by atoms with E-state index in [4.69, 9.17) is 0 Å².